The predicted octanol–water partition coefficient (Wildman–Crippen LogP) is -1.03. The Balaban J connectivity index is 1.92. The minimum absolute atomic E-state index is 0.326. The Bertz CT molecular complexity index is 340. The van der Waals surface area contributed by atoms with E-state index in [1.165, 1.54) is 0 Å². The van der Waals surface area contributed by atoms with Crippen LogP contribution in [-0.2, 0) is 9.59 Å². The first kappa shape index (κ1) is 14.3. The largest absolute Gasteiger partial charge is 0.333 e. The van der Waals surface area contributed by atoms with E-state index in [0.29, 0.717) is 32.2 Å². The summed E-state index contributed by atoms with van der Waals surface area (Å²) < 4.78 is 0. The number of piperazine rings is 1. The molecule has 6 heteroatoms. The molecule has 2 aliphatic heterocycles. The van der Waals surface area contributed by atoms with Gasteiger partial charge in [0.15, 0.2) is 0 Å². The summed E-state index contributed by atoms with van der Waals surface area (Å²) in [5.41, 5.74) is 0. The Kier molecular flexibility index (Phi) is 4.76. The molecule has 0 bridgehead atoms. The number of hydrogen-bond donors (Lipinski definition) is 1. The summed E-state index contributed by atoms with van der Waals surface area (Å²) in [4.78, 5) is 29.9. The molecule has 2 rings (SSSR count). The first-order valence-corrected chi connectivity index (χ1v) is 7.05. The second-order valence-electron chi connectivity index (χ2n) is 5.55. The summed E-state index contributed by atoms with van der Waals surface area (Å²) in [5.74, 6) is -0.658. The van der Waals surface area contributed by atoms with Crippen LogP contribution >= 0.6 is 0 Å². The third-order valence-corrected chi connectivity index (χ3v) is 4.00. The number of likely N-dealkylation sites (N-methyl/N-ethyl adjacent to an activating group) is 1. The molecule has 2 aliphatic rings. The SMILES string of the molecule is CN(C)C1CCCN(C(=O)C(=O)N2CCNCC2)C1. The van der Waals surface area contributed by atoms with Crippen LogP contribution in [0.5, 0.6) is 0 Å². The number of nitrogens with one attached hydrogen (secondary N) is 1. The van der Waals surface area contributed by atoms with E-state index in [9.17, 15) is 9.59 Å². The third kappa shape index (κ3) is 3.45. The molecule has 0 aliphatic carbocycles. The number of carbonyl (C=O) groups is 2. The quantitative estimate of drug-likeness (QED) is 0.618. The van der Waals surface area contributed by atoms with Crippen LogP contribution in [0.2, 0.25) is 0 Å². The van der Waals surface area contributed by atoms with Crippen molar-refractivity contribution in [3.05, 3.63) is 0 Å². The van der Waals surface area contributed by atoms with E-state index in [2.05, 4.69) is 10.2 Å². The molecule has 2 fully saturated rings. The fraction of sp³-hybridized carbons (Fsp3) is 0.846. The molecule has 2 saturated heterocycles. The summed E-state index contributed by atoms with van der Waals surface area (Å²) in [6.45, 7) is 4.20. The van der Waals surface area contributed by atoms with Gasteiger partial charge in [-0.1, -0.05) is 0 Å². The highest BCUT2D eigenvalue weighted by atomic mass is 16.2. The maximum absolute atomic E-state index is 12.3. The monoisotopic (exact) mass is 268 g/mol. The Morgan fingerprint density at radius 1 is 1.05 bits per heavy atom. The van der Waals surface area contributed by atoms with E-state index in [0.717, 1.165) is 25.9 Å². The number of likely N-dealkylation sites (tertiary alicyclic amines) is 1. The Morgan fingerprint density at radius 2 is 1.68 bits per heavy atom. The van der Waals surface area contributed by atoms with Crippen molar-refractivity contribution >= 4 is 11.8 Å². The number of carbonyl (C=O) groups excluding carboxylic acids is 2. The van der Waals surface area contributed by atoms with E-state index >= 15 is 0 Å². The summed E-state index contributed by atoms with van der Waals surface area (Å²) in [7, 11) is 4.05. The van der Waals surface area contributed by atoms with Crippen molar-refractivity contribution in [3.8, 4) is 0 Å². The minimum Gasteiger partial charge on any atom is -0.333 e. The highest BCUT2D eigenvalue weighted by Crippen LogP contribution is 2.14. The molecule has 0 aromatic rings. The first-order chi connectivity index (χ1) is 9.09. The van der Waals surface area contributed by atoms with Gasteiger partial charge in [-0.2, -0.15) is 0 Å². The van der Waals surface area contributed by atoms with Crippen molar-refractivity contribution in [2.24, 2.45) is 0 Å². The van der Waals surface area contributed by atoms with Crippen LogP contribution in [0, 0.1) is 0 Å². The summed E-state index contributed by atoms with van der Waals surface area (Å²) in [6, 6.07) is 0.369. The Labute approximate surface area is 114 Å². The second kappa shape index (κ2) is 6.34. The van der Waals surface area contributed by atoms with Gasteiger partial charge in [0.2, 0.25) is 0 Å². The van der Waals surface area contributed by atoms with Gasteiger partial charge < -0.3 is 20.0 Å². The standard InChI is InChI=1S/C13H24N4O2/c1-15(2)11-4-3-7-17(10-11)13(19)12(18)16-8-5-14-6-9-16/h11,14H,3-10H2,1-2H3. The predicted molar refractivity (Wildman–Crippen MR) is 72.7 cm³/mol. The normalized spacial score (nSPS) is 24.7. The Hall–Kier alpha value is -1.14. The highest BCUT2D eigenvalue weighted by molar-refractivity contribution is 6.34. The maximum atomic E-state index is 12.3. The van der Waals surface area contributed by atoms with Crippen LogP contribution in [0.15, 0.2) is 0 Å². The first-order valence-electron chi connectivity index (χ1n) is 7.05. The maximum Gasteiger partial charge on any atom is 0.312 e. The minimum atomic E-state index is -0.332. The lowest BCUT2D eigenvalue weighted by molar-refractivity contribution is -0.153. The number of nitrogens with zero attached hydrogens (tertiary/aromatic N) is 3. The van der Waals surface area contributed by atoms with Crippen LogP contribution in [0.3, 0.4) is 0 Å². The van der Waals surface area contributed by atoms with Gasteiger partial charge in [-0.05, 0) is 26.9 Å². The molecular weight excluding hydrogens is 244 g/mol. The van der Waals surface area contributed by atoms with Crippen molar-refractivity contribution < 1.29 is 9.59 Å². The second-order valence-corrected chi connectivity index (χ2v) is 5.55. The molecule has 1 unspecified atom stereocenters. The lowest BCUT2D eigenvalue weighted by Crippen LogP contribution is -2.55. The lowest BCUT2D eigenvalue weighted by atomic mass is 10.0. The molecular formula is C13H24N4O2. The van der Waals surface area contributed by atoms with Crippen molar-refractivity contribution in [1.29, 1.82) is 0 Å². The molecule has 2 amide bonds. The summed E-state index contributed by atoms with van der Waals surface area (Å²) in [6.07, 6.45) is 2.07. The zero-order valence-corrected chi connectivity index (χ0v) is 11.9. The molecule has 0 spiro atoms. The average Bonchev–Trinajstić information content (AvgIpc) is 2.46. The number of hydrogen-bond acceptors (Lipinski definition) is 4. The van der Waals surface area contributed by atoms with Gasteiger partial charge in [-0.25, -0.2) is 0 Å². The van der Waals surface area contributed by atoms with Crippen LogP contribution in [-0.4, -0.2) is 85.9 Å². The van der Waals surface area contributed by atoms with E-state index < -0.39 is 0 Å². The fourth-order valence-corrected chi connectivity index (χ4v) is 2.70. The lowest BCUT2D eigenvalue weighted by Gasteiger charge is -2.37. The van der Waals surface area contributed by atoms with Gasteiger partial charge in [0.25, 0.3) is 0 Å². The van der Waals surface area contributed by atoms with Gasteiger partial charge >= 0.3 is 11.8 Å². The third-order valence-electron chi connectivity index (χ3n) is 4.00. The number of amides is 2. The number of piperidine rings is 1. The molecule has 0 aromatic carbocycles. The highest BCUT2D eigenvalue weighted by Gasteiger charge is 2.31. The van der Waals surface area contributed by atoms with Gasteiger partial charge in [-0.15, -0.1) is 0 Å². The molecule has 108 valence electrons. The van der Waals surface area contributed by atoms with Crippen molar-refractivity contribution in [3.63, 3.8) is 0 Å². The van der Waals surface area contributed by atoms with E-state index in [1.54, 1.807) is 9.80 Å². The topological polar surface area (TPSA) is 55.9 Å². The summed E-state index contributed by atoms with van der Waals surface area (Å²) >= 11 is 0. The Morgan fingerprint density at radius 3 is 2.32 bits per heavy atom. The van der Waals surface area contributed by atoms with Crippen LogP contribution in [0.25, 0.3) is 0 Å². The smallest absolute Gasteiger partial charge is 0.312 e. The van der Waals surface area contributed by atoms with Gasteiger partial charge in [0.1, 0.15) is 0 Å². The van der Waals surface area contributed by atoms with Crippen molar-refractivity contribution in [2.45, 2.75) is 18.9 Å². The van der Waals surface area contributed by atoms with Crippen LogP contribution in [0.1, 0.15) is 12.8 Å². The average molecular weight is 268 g/mol. The van der Waals surface area contributed by atoms with E-state index in [-0.39, 0.29) is 11.8 Å². The van der Waals surface area contributed by atoms with E-state index in [4.69, 9.17) is 0 Å². The van der Waals surface area contributed by atoms with Gasteiger partial charge in [0, 0.05) is 45.3 Å². The fourth-order valence-electron chi connectivity index (χ4n) is 2.70. The van der Waals surface area contributed by atoms with Crippen molar-refractivity contribution in [1.82, 2.24) is 20.0 Å². The molecule has 0 saturated carbocycles. The van der Waals surface area contributed by atoms with Crippen LogP contribution < -0.4 is 5.32 Å². The molecule has 6 nitrogen and oxygen atoms in total. The molecule has 1 N–H and O–H groups in total. The van der Waals surface area contributed by atoms with Crippen molar-refractivity contribution in [2.75, 3.05) is 53.4 Å². The number of rotatable bonds is 1. The van der Waals surface area contributed by atoms with Crippen LogP contribution in [0.4, 0.5) is 0 Å². The molecule has 0 radical (unpaired) electrons. The zero-order valence-electron chi connectivity index (χ0n) is 11.9. The molecule has 19 heavy (non-hydrogen) atoms. The molecule has 1 atom stereocenters. The van der Waals surface area contributed by atoms with Gasteiger partial charge in [-0.3, -0.25) is 9.59 Å². The van der Waals surface area contributed by atoms with E-state index in [1.807, 2.05) is 14.1 Å². The zero-order chi connectivity index (χ0) is 13.8. The molecule has 0 aromatic heterocycles. The van der Waals surface area contributed by atoms with Gasteiger partial charge in [0.05, 0.1) is 0 Å². The molecule has 2 heterocycles. The summed E-state index contributed by atoms with van der Waals surface area (Å²) in [5, 5.41) is 3.18.